The Kier molecular flexibility index (Phi) is 5.56. The lowest BCUT2D eigenvalue weighted by atomic mass is 10.0. The van der Waals surface area contributed by atoms with Crippen molar-refractivity contribution < 1.29 is 18.0 Å². The number of carbonyl (C=O) groups excluding carboxylic acids is 1. The van der Waals surface area contributed by atoms with Crippen LogP contribution in [0.2, 0.25) is 0 Å². The fraction of sp³-hybridized carbons (Fsp3) is 0.500. The molecule has 0 bridgehead atoms. The van der Waals surface area contributed by atoms with Crippen molar-refractivity contribution in [2.75, 3.05) is 13.6 Å². The molecule has 1 aromatic rings. The summed E-state index contributed by atoms with van der Waals surface area (Å²) in [6.07, 6.45) is 0.547. The number of nitrogens with two attached hydrogens (primary N) is 1. The van der Waals surface area contributed by atoms with E-state index < -0.39 is 28.9 Å². The van der Waals surface area contributed by atoms with Crippen LogP contribution < -0.4 is 5.73 Å². The Bertz CT molecular complexity index is 492. The summed E-state index contributed by atoms with van der Waals surface area (Å²) >= 11 is 0. The molecule has 0 fully saturated rings. The minimum absolute atomic E-state index is 0.0833. The van der Waals surface area contributed by atoms with Crippen LogP contribution in [0.25, 0.3) is 0 Å². The predicted molar refractivity (Wildman–Crippen MR) is 70.7 cm³/mol. The summed E-state index contributed by atoms with van der Waals surface area (Å²) in [4.78, 5) is 13.2. The molecule has 0 aliphatic carbocycles. The Hall–Kier alpha value is -1.56. The van der Waals surface area contributed by atoms with Crippen LogP contribution in [-0.4, -0.2) is 30.4 Å². The summed E-state index contributed by atoms with van der Waals surface area (Å²) in [5, 5.41) is 0. The third kappa shape index (κ3) is 3.72. The van der Waals surface area contributed by atoms with Crippen LogP contribution >= 0.6 is 0 Å². The van der Waals surface area contributed by atoms with Gasteiger partial charge in [-0.25, -0.2) is 13.2 Å². The molecule has 1 atom stereocenters. The number of hydrogen-bond donors (Lipinski definition) is 1. The van der Waals surface area contributed by atoms with E-state index in [-0.39, 0.29) is 12.0 Å². The summed E-state index contributed by atoms with van der Waals surface area (Å²) in [7, 11) is 1.47. The molecule has 112 valence electrons. The number of hydrogen-bond acceptors (Lipinski definition) is 2. The van der Waals surface area contributed by atoms with Gasteiger partial charge in [-0.3, -0.25) is 4.79 Å². The zero-order chi connectivity index (χ0) is 15.4. The van der Waals surface area contributed by atoms with E-state index in [4.69, 9.17) is 5.73 Å². The highest BCUT2D eigenvalue weighted by atomic mass is 19.2. The molecular weight excluding hydrogens is 269 g/mol. The first kappa shape index (κ1) is 16.5. The molecule has 0 aliphatic heterocycles. The molecule has 0 aliphatic rings. The standard InChI is InChI=1S/C14H19F3N2O/c1-8(2)11(18)6-7-19(3)14(20)9-4-5-10(15)13(17)12(9)16/h4-5,8,11H,6-7,18H2,1-3H3/t11-/m1/s1. The number of rotatable bonds is 5. The van der Waals surface area contributed by atoms with Crippen LogP contribution in [-0.2, 0) is 0 Å². The molecular formula is C14H19F3N2O. The maximum atomic E-state index is 13.5. The van der Waals surface area contributed by atoms with Crippen molar-refractivity contribution in [3.63, 3.8) is 0 Å². The quantitative estimate of drug-likeness (QED) is 0.846. The van der Waals surface area contributed by atoms with E-state index >= 15 is 0 Å². The second-order valence-corrected chi connectivity index (χ2v) is 5.15. The molecule has 0 saturated heterocycles. The summed E-state index contributed by atoms with van der Waals surface area (Å²) in [5.74, 6) is -4.85. The van der Waals surface area contributed by atoms with Crippen molar-refractivity contribution in [1.82, 2.24) is 4.90 Å². The molecule has 0 spiro atoms. The zero-order valence-electron chi connectivity index (χ0n) is 11.8. The van der Waals surface area contributed by atoms with E-state index in [1.165, 1.54) is 11.9 Å². The van der Waals surface area contributed by atoms with Gasteiger partial charge in [0.2, 0.25) is 0 Å². The first-order valence-electron chi connectivity index (χ1n) is 6.40. The zero-order valence-corrected chi connectivity index (χ0v) is 11.8. The van der Waals surface area contributed by atoms with Crippen LogP contribution in [0.15, 0.2) is 12.1 Å². The minimum atomic E-state index is -1.64. The maximum absolute atomic E-state index is 13.5. The van der Waals surface area contributed by atoms with Crippen molar-refractivity contribution in [1.29, 1.82) is 0 Å². The third-order valence-corrected chi connectivity index (χ3v) is 3.27. The second kappa shape index (κ2) is 6.74. The fourth-order valence-electron chi connectivity index (χ4n) is 1.67. The molecule has 1 aromatic carbocycles. The van der Waals surface area contributed by atoms with Crippen LogP contribution in [0.3, 0.4) is 0 Å². The van der Waals surface area contributed by atoms with Gasteiger partial charge in [-0.05, 0) is 24.5 Å². The molecule has 0 radical (unpaired) electrons. The van der Waals surface area contributed by atoms with Crippen LogP contribution in [0.4, 0.5) is 13.2 Å². The highest BCUT2D eigenvalue weighted by Crippen LogP contribution is 2.17. The van der Waals surface area contributed by atoms with Gasteiger partial charge in [-0.2, -0.15) is 0 Å². The lowest BCUT2D eigenvalue weighted by molar-refractivity contribution is 0.0783. The van der Waals surface area contributed by atoms with Crippen molar-refractivity contribution in [2.45, 2.75) is 26.3 Å². The smallest absolute Gasteiger partial charge is 0.256 e. The van der Waals surface area contributed by atoms with E-state index in [2.05, 4.69) is 0 Å². The molecule has 0 unspecified atom stereocenters. The SMILES string of the molecule is CC(C)[C@H](N)CCN(C)C(=O)c1ccc(F)c(F)c1F. The largest absolute Gasteiger partial charge is 0.342 e. The van der Waals surface area contributed by atoms with Crippen LogP contribution in [0, 0.1) is 23.4 Å². The highest BCUT2D eigenvalue weighted by Gasteiger charge is 2.21. The van der Waals surface area contributed by atoms with E-state index in [0.717, 1.165) is 12.1 Å². The Labute approximate surface area is 116 Å². The third-order valence-electron chi connectivity index (χ3n) is 3.27. The Morgan fingerprint density at radius 2 is 1.85 bits per heavy atom. The van der Waals surface area contributed by atoms with Gasteiger partial charge in [0.25, 0.3) is 5.91 Å². The summed E-state index contributed by atoms with van der Waals surface area (Å²) < 4.78 is 39.4. The number of benzene rings is 1. The van der Waals surface area contributed by atoms with Crippen LogP contribution in [0.1, 0.15) is 30.6 Å². The van der Waals surface area contributed by atoms with Crippen molar-refractivity contribution in [3.05, 3.63) is 35.1 Å². The first-order chi connectivity index (χ1) is 9.25. The van der Waals surface area contributed by atoms with Crippen LogP contribution in [0.5, 0.6) is 0 Å². The lowest BCUT2D eigenvalue weighted by Gasteiger charge is -2.21. The number of nitrogens with zero attached hydrogens (tertiary/aromatic N) is 1. The number of amides is 1. The van der Waals surface area contributed by atoms with Gasteiger partial charge in [-0.1, -0.05) is 13.8 Å². The Morgan fingerprint density at radius 3 is 2.40 bits per heavy atom. The Morgan fingerprint density at radius 1 is 1.25 bits per heavy atom. The fourth-order valence-corrected chi connectivity index (χ4v) is 1.67. The summed E-state index contributed by atoms with van der Waals surface area (Å²) in [6, 6.07) is 1.59. The summed E-state index contributed by atoms with van der Waals surface area (Å²) in [5.41, 5.74) is 5.37. The molecule has 0 saturated carbocycles. The van der Waals surface area contributed by atoms with Gasteiger partial charge in [0, 0.05) is 19.6 Å². The summed E-state index contributed by atoms with van der Waals surface area (Å²) in [6.45, 7) is 4.24. The van der Waals surface area contributed by atoms with Gasteiger partial charge in [0.05, 0.1) is 5.56 Å². The van der Waals surface area contributed by atoms with Crippen molar-refractivity contribution in [3.8, 4) is 0 Å². The average molecular weight is 288 g/mol. The van der Waals surface area contributed by atoms with Gasteiger partial charge in [0.15, 0.2) is 17.5 Å². The monoisotopic (exact) mass is 288 g/mol. The number of carbonyl (C=O) groups is 1. The lowest BCUT2D eigenvalue weighted by Crippen LogP contribution is -2.35. The highest BCUT2D eigenvalue weighted by molar-refractivity contribution is 5.94. The molecule has 6 heteroatoms. The molecule has 1 amide bonds. The van der Waals surface area contributed by atoms with Gasteiger partial charge in [0.1, 0.15) is 0 Å². The van der Waals surface area contributed by atoms with E-state index in [0.29, 0.717) is 13.0 Å². The topological polar surface area (TPSA) is 46.3 Å². The Balaban J connectivity index is 2.77. The minimum Gasteiger partial charge on any atom is -0.342 e. The molecule has 1 rings (SSSR count). The predicted octanol–water partition coefficient (Wildman–Crippen LogP) is 2.55. The first-order valence-corrected chi connectivity index (χ1v) is 6.40. The number of halogens is 3. The molecule has 20 heavy (non-hydrogen) atoms. The van der Waals surface area contributed by atoms with Gasteiger partial charge >= 0.3 is 0 Å². The molecule has 0 heterocycles. The molecule has 2 N–H and O–H groups in total. The normalized spacial score (nSPS) is 12.6. The van der Waals surface area contributed by atoms with Crippen molar-refractivity contribution >= 4 is 5.91 Å². The van der Waals surface area contributed by atoms with Gasteiger partial charge < -0.3 is 10.6 Å². The molecule has 3 nitrogen and oxygen atoms in total. The van der Waals surface area contributed by atoms with Gasteiger partial charge in [-0.15, -0.1) is 0 Å². The average Bonchev–Trinajstić information content (AvgIpc) is 2.41. The van der Waals surface area contributed by atoms with E-state index in [9.17, 15) is 18.0 Å². The maximum Gasteiger partial charge on any atom is 0.256 e. The van der Waals surface area contributed by atoms with E-state index in [1.807, 2.05) is 13.8 Å². The van der Waals surface area contributed by atoms with E-state index in [1.54, 1.807) is 0 Å². The molecule has 0 aromatic heterocycles. The van der Waals surface area contributed by atoms with Crippen molar-refractivity contribution in [2.24, 2.45) is 11.7 Å². The second-order valence-electron chi connectivity index (χ2n) is 5.15.